The lowest BCUT2D eigenvalue weighted by Gasteiger charge is -2.10. The average molecular weight is 267 g/mol. The fourth-order valence-corrected chi connectivity index (χ4v) is 2.29. The number of halogens is 3. The molecule has 100 valence electrons. The molecular weight excluding hydrogens is 255 g/mol. The smallest absolute Gasteiger partial charge is 0.263 e. The summed E-state index contributed by atoms with van der Waals surface area (Å²) < 4.78 is 45.1. The van der Waals surface area contributed by atoms with Gasteiger partial charge in [0.05, 0.1) is 0 Å². The summed E-state index contributed by atoms with van der Waals surface area (Å²) in [6.45, 7) is -0.156. The molecule has 0 bridgehead atoms. The molecule has 0 aliphatic heterocycles. The molecule has 1 atom stereocenters. The van der Waals surface area contributed by atoms with E-state index in [1.54, 1.807) is 6.07 Å². The van der Waals surface area contributed by atoms with Gasteiger partial charge in [-0.05, 0) is 36.4 Å². The summed E-state index contributed by atoms with van der Waals surface area (Å²) in [4.78, 5) is 0. The summed E-state index contributed by atoms with van der Waals surface area (Å²) in [5.41, 5.74) is 4.73. The van der Waals surface area contributed by atoms with Crippen molar-refractivity contribution in [3.63, 3.8) is 0 Å². The molecule has 1 unspecified atom stereocenters. The van der Waals surface area contributed by atoms with Crippen molar-refractivity contribution in [1.82, 2.24) is 0 Å². The van der Waals surface area contributed by atoms with E-state index >= 15 is 0 Å². The van der Waals surface area contributed by atoms with Gasteiger partial charge in [0.25, 0.3) is 5.92 Å². The van der Waals surface area contributed by atoms with Crippen molar-refractivity contribution in [1.29, 1.82) is 0 Å². The average Bonchev–Trinajstić information content (AvgIpc) is 2.77. The first-order valence-electron chi connectivity index (χ1n) is 5.93. The number of hydrogen-bond acceptors (Lipinski definition) is 2. The lowest BCUT2D eigenvalue weighted by atomic mass is 10.0. The topological polar surface area (TPSA) is 39.2 Å². The van der Waals surface area contributed by atoms with Crippen LogP contribution in [0.4, 0.5) is 13.2 Å². The van der Waals surface area contributed by atoms with Gasteiger partial charge in [0.2, 0.25) is 0 Å². The van der Waals surface area contributed by atoms with Gasteiger partial charge in [-0.15, -0.1) is 0 Å². The van der Waals surface area contributed by atoms with Crippen LogP contribution in [0.1, 0.15) is 12.2 Å². The van der Waals surface area contributed by atoms with Gasteiger partial charge in [0.15, 0.2) is 0 Å². The van der Waals surface area contributed by atoms with E-state index in [-0.39, 0.29) is 24.5 Å². The van der Waals surface area contributed by atoms with E-state index in [1.807, 2.05) is 0 Å². The van der Waals surface area contributed by atoms with Gasteiger partial charge in [-0.2, -0.15) is 0 Å². The molecule has 1 fully saturated rings. The molecule has 0 radical (unpaired) electrons. The Hall–Kier alpha value is -1.75. The summed E-state index contributed by atoms with van der Waals surface area (Å²) in [6, 6.07) is 8.79. The van der Waals surface area contributed by atoms with Crippen LogP contribution in [0, 0.1) is 5.82 Å². The summed E-state index contributed by atoms with van der Waals surface area (Å²) >= 11 is 0. The molecule has 1 aliphatic rings. The lowest BCUT2D eigenvalue weighted by Crippen LogP contribution is -2.26. The number of rotatable bonds is 3. The second-order valence-electron chi connectivity index (χ2n) is 4.84. The van der Waals surface area contributed by atoms with Gasteiger partial charge in [-0.25, -0.2) is 13.2 Å². The number of alkyl halides is 2. The first kappa shape index (κ1) is 12.3. The van der Waals surface area contributed by atoms with E-state index in [1.165, 1.54) is 30.3 Å². The Kier molecular flexibility index (Phi) is 2.50. The summed E-state index contributed by atoms with van der Waals surface area (Å²) in [5, 5.41) is 0. The summed E-state index contributed by atoms with van der Waals surface area (Å²) in [7, 11) is 0. The molecule has 0 spiro atoms. The van der Waals surface area contributed by atoms with Crippen LogP contribution in [0.15, 0.2) is 40.8 Å². The van der Waals surface area contributed by atoms with E-state index in [9.17, 15) is 13.2 Å². The van der Waals surface area contributed by atoms with Crippen molar-refractivity contribution in [3.8, 4) is 11.3 Å². The van der Waals surface area contributed by atoms with E-state index in [4.69, 9.17) is 10.2 Å². The SMILES string of the molecule is NCC1(c2ccc(-c3ccc(F)cc3)o2)CC1(F)F. The first-order chi connectivity index (χ1) is 8.98. The van der Waals surface area contributed by atoms with Gasteiger partial charge in [-0.1, -0.05) is 0 Å². The lowest BCUT2D eigenvalue weighted by molar-refractivity contribution is 0.0841. The van der Waals surface area contributed by atoms with Gasteiger partial charge >= 0.3 is 0 Å². The maximum Gasteiger partial charge on any atom is 0.263 e. The second-order valence-corrected chi connectivity index (χ2v) is 4.84. The van der Waals surface area contributed by atoms with E-state index < -0.39 is 11.3 Å². The van der Waals surface area contributed by atoms with Crippen molar-refractivity contribution in [2.24, 2.45) is 5.73 Å². The third-order valence-electron chi connectivity index (χ3n) is 3.65. The van der Waals surface area contributed by atoms with Gasteiger partial charge in [-0.3, -0.25) is 0 Å². The Morgan fingerprint density at radius 3 is 2.26 bits per heavy atom. The summed E-state index contributed by atoms with van der Waals surface area (Å²) in [5.74, 6) is -2.54. The highest BCUT2D eigenvalue weighted by Gasteiger charge is 2.73. The normalized spacial score (nSPS) is 24.4. The number of nitrogens with two attached hydrogens (primary N) is 1. The molecule has 2 N–H and O–H groups in total. The van der Waals surface area contributed by atoms with Crippen LogP contribution in [0.2, 0.25) is 0 Å². The maximum absolute atomic E-state index is 13.4. The van der Waals surface area contributed by atoms with Crippen molar-refractivity contribution >= 4 is 0 Å². The maximum atomic E-state index is 13.4. The molecule has 0 saturated heterocycles. The molecule has 19 heavy (non-hydrogen) atoms. The van der Waals surface area contributed by atoms with Crippen LogP contribution in [-0.4, -0.2) is 12.5 Å². The molecular formula is C14H12F3NO. The molecule has 1 saturated carbocycles. The predicted molar refractivity (Wildman–Crippen MR) is 64.4 cm³/mol. The number of benzene rings is 1. The molecule has 5 heteroatoms. The minimum atomic E-state index is -2.81. The second kappa shape index (κ2) is 3.87. The Morgan fingerprint density at radius 2 is 1.74 bits per heavy atom. The van der Waals surface area contributed by atoms with Crippen LogP contribution in [-0.2, 0) is 5.41 Å². The highest BCUT2D eigenvalue weighted by molar-refractivity contribution is 5.58. The van der Waals surface area contributed by atoms with Crippen molar-refractivity contribution in [3.05, 3.63) is 48.0 Å². The van der Waals surface area contributed by atoms with Crippen molar-refractivity contribution < 1.29 is 17.6 Å². The van der Waals surface area contributed by atoms with Gasteiger partial charge in [0, 0.05) is 18.5 Å². The van der Waals surface area contributed by atoms with Gasteiger partial charge in [0.1, 0.15) is 22.8 Å². The number of furan rings is 1. The van der Waals surface area contributed by atoms with E-state index in [0.717, 1.165) is 0 Å². The number of hydrogen-bond donors (Lipinski definition) is 1. The zero-order chi connectivity index (χ0) is 13.7. The highest BCUT2D eigenvalue weighted by Crippen LogP contribution is 2.61. The predicted octanol–water partition coefficient (Wildman–Crippen LogP) is 3.32. The Labute approximate surface area is 108 Å². The standard InChI is InChI=1S/C14H12F3NO/c15-10-3-1-9(2-4-10)11-5-6-12(19-11)13(8-18)7-14(13,16)17/h1-6H,7-8,18H2. The quantitative estimate of drug-likeness (QED) is 0.926. The third kappa shape index (κ3) is 1.76. The van der Waals surface area contributed by atoms with Crippen molar-refractivity contribution in [2.45, 2.75) is 17.8 Å². The molecule has 1 aromatic carbocycles. The van der Waals surface area contributed by atoms with Crippen LogP contribution in [0.25, 0.3) is 11.3 Å². The minimum absolute atomic E-state index is 0.156. The highest BCUT2D eigenvalue weighted by atomic mass is 19.3. The molecule has 3 rings (SSSR count). The molecule has 2 aromatic rings. The van der Waals surface area contributed by atoms with Crippen LogP contribution < -0.4 is 5.73 Å². The first-order valence-corrected chi connectivity index (χ1v) is 5.93. The zero-order valence-electron chi connectivity index (χ0n) is 10.00. The Bertz CT molecular complexity index is 605. The van der Waals surface area contributed by atoms with Crippen LogP contribution >= 0.6 is 0 Å². The van der Waals surface area contributed by atoms with E-state index in [2.05, 4.69) is 0 Å². The fourth-order valence-electron chi connectivity index (χ4n) is 2.29. The monoisotopic (exact) mass is 267 g/mol. The summed E-state index contributed by atoms with van der Waals surface area (Å²) in [6.07, 6.45) is -0.285. The molecule has 0 amide bonds. The molecule has 1 heterocycles. The molecule has 2 nitrogen and oxygen atoms in total. The fraction of sp³-hybridized carbons (Fsp3) is 0.286. The van der Waals surface area contributed by atoms with Crippen LogP contribution in [0.5, 0.6) is 0 Å². The van der Waals surface area contributed by atoms with E-state index in [0.29, 0.717) is 11.3 Å². The molecule has 1 aliphatic carbocycles. The Morgan fingerprint density at radius 1 is 1.11 bits per heavy atom. The Balaban J connectivity index is 1.94. The zero-order valence-corrected chi connectivity index (χ0v) is 10.00. The van der Waals surface area contributed by atoms with Crippen molar-refractivity contribution in [2.75, 3.05) is 6.54 Å². The van der Waals surface area contributed by atoms with Crippen LogP contribution in [0.3, 0.4) is 0 Å². The van der Waals surface area contributed by atoms with Gasteiger partial charge < -0.3 is 10.2 Å². The largest absolute Gasteiger partial charge is 0.460 e. The minimum Gasteiger partial charge on any atom is -0.460 e. The molecule has 1 aromatic heterocycles. The third-order valence-corrected chi connectivity index (χ3v) is 3.65.